The first-order valence-electron chi connectivity index (χ1n) is 9.63. The molecule has 0 saturated heterocycles. The smallest absolute Gasteiger partial charge is 0.262 e. The highest BCUT2D eigenvalue weighted by atomic mass is 32.2. The van der Waals surface area contributed by atoms with Crippen molar-refractivity contribution in [3.8, 4) is 5.75 Å². The standard InChI is InChI=1S/C23H23FN2O4S2/c1-31-22-5-3-4-19(14-22)25-23(27)16-30-21-12-10-20(11-13-21)26(32(2,28)29)15-17-6-8-18(24)9-7-17/h3-14H,15-16H2,1-2H3,(H,25,27). The molecule has 0 aromatic heterocycles. The molecule has 32 heavy (non-hydrogen) atoms. The number of hydrogen-bond donors (Lipinski definition) is 1. The molecular formula is C23H23FN2O4S2. The Morgan fingerprint density at radius 3 is 2.38 bits per heavy atom. The molecule has 0 spiro atoms. The lowest BCUT2D eigenvalue weighted by atomic mass is 10.2. The highest BCUT2D eigenvalue weighted by Gasteiger charge is 2.18. The Labute approximate surface area is 191 Å². The summed E-state index contributed by atoms with van der Waals surface area (Å²) in [6, 6.07) is 19.5. The molecule has 3 aromatic rings. The third-order valence-electron chi connectivity index (χ3n) is 4.49. The van der Waals surface area contributed by atoms with Crippen molar-refractivity contribution in [1.29, 1.82) is 0 Å². The third-order valence-corrected chi connectivity index (χ3v) is 6.35. The van der Waals surface area contributed by atoms with Crippen LogP contribution < -0.4 is 14.4 Å². The van der Waals surface area contributed by atoms with Crippen molar-refractivity contribution in [3.05, 3.63) is 84.2 Å². The maximum atomic E-state index is 13.1. The van der Waals surface area contributed by atoms with Gasteiger partial charge in [0.05, 0.1) is 18.5 Å². The third kappa shape index (κ3) is 6.73. The number of amides is 1. The van der Waals surface area contributed by atoms with Crippen LogP contribution in [0.3, 0.4) is 0 Å². The SMILES string of the molecule is CSc1cccc(NC(=O)COc2ccc(N(Cc3ccc(F)cc3)S(C)(=O)=O)cc2)c1. The molecule has 0 aliphatic carbocycles. The molecule has 3 rings (SSSR count). The van der Waals surface area contributed by atoms with Gasteiger partial charge < -0.3 is 10.1 Å². The number of nitrogens with one attached hydrogen (secondary N) is 1. The van der Waals surface area contributed by atoms with Crippen molar-refractivity contribution in [2.75, 3.05) is 28.7 Å². The highest BCUT2D eigenvalue weighted by molar-refractivity contribution is 7.98. The minimum absolute atomic E-state index is 0.0663. The zero-order valence-corrected chi connectivity index (χ0v) is 19.3. The first-order valence-corrected chi connectivity index (χ1v) is 12.7. The number of anilines is 2. The van der Waals surface area contributed by atoms with Crippen molar-refractivity contribution in [2.24, 2.45) is 0 Å². The van der Waals surface area contributed by atoms with E-state index in [0.717, 1.165) is 11.2 Å². The van der Waals surface area contributed by atoms with Gasteiger partial charge in [-0.3, -0.25) is 9.10 Å². The van der Waals surface area contributed by atoms with E-state index in [1.807, 2.05) is 24.5 Å². The average molecular weight is 475 g/mol. The van der Waals surface area contributed by atoms with Gasteiger partial charge in [-0.15, -0.1) is 11.8 Å². The first-order chi connectivity index (χ1) is 15.2. The summed E-state index contributed by atoms with van der Waals surface area (Å²) in [6.45, 7) is -0.120. The predicted octanol–water partition coefficient (Wildman–Crippen LogP) is 4.53. The Bertz CT molecular complexity index is 1170. The molecule has 0 atom stereocenters. The molecule has 1 N–H and O–H groups in total. The molecule has 0 heterocycles. The van der Waals surface area contributed by atoms with Crippen LogP contribution in [0.25, 0.3) is 0 Å². The fourth-order valence-electron chi connectivity index (χ4n) is 2.91. The van der Waals surface area contributed by atoms with Gasteiger partial charge in [0, 0.05) is 10.6 Å². The summed E-state index contributed by atoms with van der Waals surface area (Å²) < 4.78 is 44.5. The molecule has 9 heteroatoms. The zero-order chi connectivity index (χ0) is 23.1. The summed E-state index contributed by atoms with van der Waals surface area (Å²) in [7, 11) is -3.57. The first kappa shape index (κ1) is 23.6. The van der Waals surface area contributed by atoms with E-state index in [-0.39, 0.29) is 24.9 Å². The van der Waals surface area contributed by atoms with Crippen molar-refractivity contribution < 1.29 is 22.3 Å². The van der Waals surface area contributed by atoms with Gasteiger partial charge in [-0.1, -0.05) is 18.2 Å². The van der Waals surface area contributed by atoms with Gasteiger partial charge >= 0.3 is 0 Å². The Morgan fingerprint density at radius 1 is 1.06 bits per heavy atom. The van der Waals surface area contributed by atoms with E-state index < -0.39 is 10.0 Å². The molecule has 3 aromatic carbocycles. The van der Waals surface area contributed by atoms with E-state index in [9.17, 15) is 17.6 Å². The molecule has 0 radical (unpaired) electrons. The van der Waals surface area contributed by atoms with Crippen LogP contribution in [0, 0.1) is 5.82 Å². The van der Waals surface area contributed by atoms with Gasteiger partial charge in [0.2, 0.25) is 10.0 Å². The highest BCUT2D eigenvalue weighted by Crippen LogP contribution is 2.24. The number of sulfonamides is 1. The summed E-state index contributed by atoms with van der Waals surface area (Å²) in [6.07, 6.45) is 3.07. The Balaban J connectivity index is 1.63. The zero-order valence-electron chi connectivity index (χ0n) is 17.6. The quantitative estimate of drug-likeness (QED) is 0.461. The average Bonchev–Trinajstić information content (AvgIpc) is 2.77. The second-order valence-corrected chi connectivity index (χ2v) is 9.75. The lowest BCUT2D eigenvalue weighted by Gasteiger charge is -2.22. The van der Waals surface area contributed by atoms with Crippen molar-refractivity contribution in [2.45, 2.75) is 11.4 Å². The van der Waals surface area contributed by atoms with Gasteiger partial charge in [0.15, 0.2) is 6.61 Å². The number of benzene rings is 3. The molecular weight excluding hydrogens is 451 g/mol. The van der Waals surface area contributed by atoms with E-state index in [2.05, 4.69) is 5.32 Å². The minimum Gasteiger partial charge on any atom is -0.484 e. The minimum atomic E-state index is -3.57. The second-order valence-electron chi connectivity index (χ2n) is 6.96. The summed E-state index contributed by atoms with van der Waals surface area (Å²) in [4.78, 5) is 13.2. The van der Waals surface area contributed by atoms with Crippen LogP contribution in [0.2, 0.25) is 0 Å². The van der Waals surface area contributed by atoms with Gasteiger partial charge in [-0.25, -0.2) is 12.8 Å². The topological polar surface area (TPSA) is 75.7 Å². The predicted molar refractivity (Wildman–Crippen MR) is 126 cm³/mol. The molecule has 168 valence electrons. The summed E-state index contributed by atoms with van der Waals surface area (Å²) in [5, 5.41) is 2.78. The monoisotopic (exact) mass is 474 g/mol. The number of rotatable bonds is 9. The van der Waals surface area contributed by atoms with Crippen molar-refractivity contribution in [1.82, 2.24) is 0 Å². The van der Waals surface area contributed by atoms with Gasteiger partial charge in [0.25, 0.3) is 5.91 Å². The van der Waals surface area contributed by atoms with Crippen LogP contribution in [-0.2, 0) is 21.4 Å². The van der Waals surface area contributed by atoms with Crippen LogP contribution in [0.15, 0.2) is 77.7 Å². The van der Waals surface area contributed by atoms with E-state index in [1.54, 1.807) is 54.2 Å². The largest absolute Gasteiger partial charge is 0.484 e. The fraction of sp³-hybridized carbons (Fsp3) is 0.174. The second kappa shape index (κ2) is 10.5. The van der Waals surface area contributed by atoms with E-state index >= 15 is 0 Å². The van der Waals surface area contributed by atoms with Gasteiger partial charge in [0.1, 0.15) is 11.6 Å². The normalized spacial score (nSPS) is 11.1. The van der Waals surface area contributed by atoms with Crippen LogP contribution >= 0.6 is 11.8 Å². The van der Waals surface area contributed by atoms with Crippen LogP contribution in [0.1, 0.15) is 5.56 Å². The maximum absolute atomic E-state index is 13.1. The molecule has 0 fully saturated rings. The number of carbonyl (C=O) groups excluding carboxylic acids is 1. The molecule has 0 bridgehead atoms. The van der Waals surface area contributed by atoms with Crippen molar-refractivity contribution in [3.63, 3.8) is 0 Å². The number of hydrogen-bond acceptors (Lipinski definition) is 5. The Morgan fingerprint density at radius 2 is 1.75 bits per heavy atom. The molecule has 6 nitrogen and oxygen atoms in total. The summed E-state index contributed by atoms with van der Waals surface area (Å²) in [5.74, 6) is -0.263. The van der Waals surface area contributed by atoms with Gasteiger partial charge in [-0.05, 0) is 66.4 Å². The number of nitrogens with zero attached hydrogens (tertiary/aromatic N) is 1. The lowest BCUT2D eigenvalue weighted by Crippen LogP contribution is -2.29. The van der Waals surface area contributed by atoms with Gasteiger partial charge in [-0.2, -0.15) is 0 Å². The summed E-state index contributed by atoms with van der Waals surface area (Å²) >= 11 is 1.58. The molecule has 0 aliphatic heterocycles. The molecule has 1 amide bonds. The summed E-state index contributed by atoms with van der Waals surface area (Å²) in [5.41, 5.74) is 1.77. The van der Waals surface area contributed by atoms with E-state index in [0.29, 0.717) is 22.7 Å². The van der Waals surface area contributed by atoms with Crippen LogP contribution in [0.5, 0.6) is 5.75 Å². The maximum Gasteiger partial charge on any atom is 0.262 e. The van der Waals surface area contributed by atoms with Crippen LogP contribution in [-0.4, -0.2) is 33.4 Å². The molecule has 0 saturated carbocycles. The van der Waals surface area contributed by atoms with E-state index in [1.165, 1.54) is 16.4 Å². The molecule has 0 unspecified atom stereocenters. The molecule has 0 aliphatic rings. The lowest BCUT2D eigenvalue weighted by molar-refractivity contribution is -0.118. The van der Waals surface area contributed by atoms with E-state index in [4.69, 9.17) is 4.74 Å². The number of carbonyl (C=O) groups is 1. The Hall–Kier alpha value is -3.04. The number of ether oxygens (including phenoxy) is 1. The fourth-order valence-corrected chi connectivity index (χ4v) is 4.26. The number of halogens is 1. The van der Waals surface area contributed by atoms with Crippen molar-refractivity contribution >= 4 is 39.1 Å². The Kier molecular flexibility index (Phi) is 7.76. The van der Waals surface area contributed by atoms with Crippen LogP contribution in [0.4, 0.5) is 15.8 Å². The number of thioether (sulfide) groups is 1.